The maximum absolute atomic E-state index is 11.9. The molecule has 0 bridgehead atoms. The Balaban J connectivity index is 1.92. The van der Waals surface area contributed by atoms with Crippen LogP contribution in [0.15, 0.2) is 0 Å². The van der Waals surface area contributed by atoms with Crippen molar-refractivity contribution in [2.45, 2.75) is 63.5 Å². The Morgan fingerprint density at radius 3 is 2.50 bits per heavy atom. The Kier molecular flexibility index (Phi) is 3.36. The lowest BCUT2D eigenvalue weighted by atomic mass is 9.75. The van der Waals surface area contributed by atoms with Crippen molar-refractivity contribution >= 4 is 11.9 Å². The van der Waals surface area contributed by atoms with Crippen LogP contribution in [0.25, 0.3) is 0 Å². The van der Waals surface area contributed by atoms with E-state index in [0.717, 1.165) is 32.1 Å². The average Bonchev–Trinajstić information content (AvgIpc) is 2.59. The lowest BCUT2D eigenvalue weighted by Gasteiger charge is -2.38. The highest BCUT2D eigenvalue weighted by molar-refractivity contribution is 5.81. The van der Waals surface area contributed by atoms with E-state index in [9.17, 15) is 14.7 Å². The molecule has 5 nitrogen and oxygen atoms in total. The van der Waals surface area contributed by atoms with Crippen LogP contribution in [0.1, 0.15) is 51.9 Å². The predicted molar refractivity (Wildman–Crippen MR) is 66.9 cm³/mol. The van der Waals surface area contributed by atoms with Gasteiger partial charge in [-0.2, -0.15) is 0 Å². The normalized spacial score (nSPS) is 33.8. The molecule has 2 saturated carbocycles. The quantitative estimate of drug-likeness (QED) is 0.698. The van der Waals surface area contributed by atoms with Crippen LogP contribution < -0.4 is 11.1 Å². The Labute approximate surface area is 107 Å². The second-order valence-corrected chi connectivity index (χ2v) is 6.13. The summed E-state index contributed by atoms with van der Waals surface area (Å²) in [6, 6.07) is -0.258. The first-order valence-electron chi connectivity index (χ1n) is 6.67. The van der Waals surface area contributed by atoms with E-state index in [0.29, 0.717) is 12.8 Å². The minimum Gasteiger partial charge on any atom is -0.481 e. The molecule has 2 aliphatic carbocycles. The van der Waals surface area contributed by atoms with Gasteiger partial charge in [0.05, 0.1) is 5.41 Å². The summed E-state index contributed by atoms with van der Waals surface area (Å²) in [7, 11) is 0. The van der Waals surface area contributed by atoms with Crippen molar-refractivity contribution in [1.29, 1.82) is 0 Å². The van der Waals surface area contributed by atoms with Crippen LogP contribution in [0.3, 0.4) is 0 Å². The molecular weight excluding hydrogens is 232 g/mol. The van der Waals surface area contributed by atoms with Crippen molar-refractivity contribution in [3.05, 3.63) is 0 Å². The van der Waals surface area contributed by atoms with Crippen molar-refractivity contribution in [2.24, 2.45) is 11.1 Å². The maximum Gasteiger partial charge on any atom is 0.311 e. The highest BCUT2D eigenvalue weighted by atomic mass is 16.4. The number of carboxylic acid groups (broad SMARTS) is 1. The average molecular weight is 254 g/mol. The van der Waals surface area contributed by atoms with Crippen molar-refractivity contribution in [2.75, 3.05) is 0 Å². The third kappa shape index (κ3) is 2.36. The van der Waals surface area contributed by atoms with Gasteiger partial charge >= 0.3 is 5.97 Å². The molecule has 2 fully saturated rings. The zero-order valence-corrected chi connectivity index (χ0v) is 10.9. The van der Waals surface area contributed by atoms with Gasteiger partial charge in [0.1, 0.15) is 0 Å². The summed E-state index contributed by atoms with van der Waals surface area (Å²) in [6.45, 7) is 1.72. The summed E-state index contributed by atoms with van der Waals surface area (Å²) in [6.07, 6.45) is 5.40. The molecule has 0 spiro atoms. The van der Waals surface area contributed by atoms with E-state index in [4.69, 9.17) is 5.73 Å². The fraction of sp³-hybridized carbons (Fsp3) is 0.846. The lowest BCUT2D eigenvalue weighted by molar-refractivity contribution is -0.149. The van der Waals surface area contributed by atoms with E-state index in [-0.39, 0.29) is 17.5 Å². The van der Waals surface area contributed by atoms with E-state index in [1.165, 1.54) is 0 Å². The third-order valence-corrected chi connectivity index (χ3v) is 4.64. The van der Waals surface area contributed by atoms with Gasteiger partial charge in [-0.1, -0.05) is 6.42 Å². The number of aliphatic carboxylic acids is 1. The Morgan fingerprint density at radius 1 is 1.33 bits per heavy atom. The number of carbonyl (C=O) groups is 2. The monoisotopic (exact) mass is 254 g/mol. The van der Waals surface area contributed by atoms with Gasteiger partial charge in [-0.15, -0.1) is 0 Å². The molecule has 0 heterocycles. The van der Waals surface area contributed by atoms with Gasteiger partial charge in [0.15, 0.2) is 0 Å². The number of amides is 1. The van der Waals surface area contributed by atoms with Crippen LogP contribution in [0.2, 0.25) is 0 Å². The van der Waals surface area contributed by atoms with E-state index in [1.54, 1.807) is 6.92 Å². The summed E-state index contributed by atoms with van der Waals surface area (Å²) in [4.78, 5) is 23.2. The summed E-state index contributed by atoms with van der Waals surface area (Å²) in [5.41, 5.74) is 4.86. The number of nitrogens with one attached hydrogen (secondary N) is 1. The Morgan fingerprint density at radius 2 is 2.00 bits per heavy atom. The van der Waals surface area contributed by atoms with Crippen molar-refractivity contribution in [3.63, 3.8) is 0 Å². The highest BCUT2D eigenvalue weighted by Gasteiger charge is 2.46. The van der Waals surface area contributed by atoms with Crippen LogP contribution in [0.5, 0.6) is 0 Å². The molecule has 2 aliphatic rings. The summed E-state index contributed by atoms with van der Waals surface area (Å²) in [5, 5.41) is 12.1. The molecule has 0 saturated heterocycles. The van der Waals surface area contributed by atoms with Crippen molar-refractivity contribution < 1.29 is 14.7 Å². The topological polar surface area (TPSA) is 92.4 Å². The van der Waals surface area contributed by atoms with Gasteiger partial charge < -0.3 is 16.2 Å². The molecule has 5 heteroatoms. The molecule has 18 heavy (non-hydrogen) atoms. The first-order chi connectivity index (χ1) is 8.36. The Bertz CT molecular complexity index is 365. The van der Waals surface area contributed by atoms with E-state index in [2.05, 4.69) is 5.32 Å². The minimum absolute atomic E-state index is 0.100. The first-order valence-corrected chi connectivity index (χ1v) is 6.67. The number of carbonyl (C=O) groups excluding carboxylic acids is 1. The van der Waals surface area contributed by atoms with Crippen LogP contribution >= 0.6 is 0 Å². The third-order valence-electron chi connectivity index (χ3n) is 4.64. The largest absolute Gasteiger partial charge is 0.481 e. The van der Waals surface area contributed by atoms with Crippen molar-refractivity contribution in [3.8, 4) is 0 Å². The minimum atomic E-state index is -0.823. The van der Waals surface area contributed by atoms with Gasteiger partial charge in [0.2, 0.25) is 5.91 Å². The van der Waals surface area contributed by atoms with Gasteiger partial charge in [0, 0.05) is 18.0 Å². The second-order valence-electron chi connectivity index (χ2n) is 6.13. The SMILES string of the molecule is CC1(C(=O)O)CCCC1NC(=O)CC1(N)CCC1. The molecule has 0 aliphatic heterocycles. The smallest absolute Gasteiger partial charge is 0.311 e. The molecule has 2 atom stereocenters. The summed E-state index contributed by atoms with van der Waals surface area (Å²) in [5.74, 6) is -0.923. The van der Waals surface area contributed by atoms with Crippen molar-refractivity contribution in [1.82, 2.24) is 5.32 Å². The zero-order chi connectivity index (χ0) is 13.4. The molecular formula is C13H22N2O3. The molecule has 4 N–H and O–H groups in total. The van der Waals surface area contributed by atoms with Gasteiger partial charge in [-0.25, -0.2) is 0 Å². The van der Waals surface area contributed by atoms with Crippen LogP contribution in [0, 0.1) is 5.41 Å². The number of rotatable bonds is 4. The van der Waals surface area contributed by atoms with E-state index in [1.807, 2.05) is 0 Å². The van der Waals surface area contributed by atoms with Gasteiger partial charge in [-0.3, -0.25) is 9.59 Å². The van der Waals surface area contributed by atoms with Gasteiger partial charge in [-0.05, 0) is 39.0 Å². The number of carboxylic acids is 1. The fourth-order valence-electron chi connectivity index (χ4n) is 3.03. The molecule has 102 valence electrons. The molecule has 2 rings (SSSR count). The number of hydrogen-bond acceptors (Lipinski definition) is 3. The van der Waals surface area contributed by atoms with Crippen LogP contribution in [-0.2, 0) is 9.59 Å². The van der Waals surface area contributed by atoms with E-state index >= 15 is 0 Å². The summed E-state index contributed by atoms with van der Waals surface area (Å²) < 4.78 is 0. The Hall–Kier alpha value is -1.10. The highest BCUT2D eigenvalue weighted by Crippen LogP contribution is 2.38. The predicted octanol–water partition coefficient (Wildman–Crippen LogP) is 1.02. The molecule has 0 aromatic carbocycles. The molecule has 0 aromatic heterocycles. The molecule has 0 aromatic rings. The molecule has 0 radical (unpaired) electrons. The first kappa shape index (κ1) is 13.3. The molecule has 1 amide bonds. The fourth-order valence-corrected chi connectivity index (χ4v) is 3.03. The number of hydrogen-bond donors (Lipinski definition) is 3. The number of nitrogens with two attached hydrogens (primary N) is 1. The zero-order valence-electron chi connectivity index (χ0n) is 10.9. The molecule has 2 unspecified atom stereocenters. The van der Waals surface area contributed by atoms with E-state index < -0.39 is 11.4 Å². The van der Waals surface area contributed by atoms with Gasteiger partial charge in [0.25, 0.3) is 0 Å². The second kappa shape index (κ2) is 4.53. The van der Waals surface area contributed by atoms with Crippen LogP contribution in [-0.4, -0.2) is 28.6 Å². The standard InChI is InChI=1S/C13H22N2O3/c1-12(11(17)18)5-2-4-9(12)15-10(16)8-13(14)6-3-7-13/h9H,2-8,14H2,1H3,(H,15,16)(H,17,18). The summed E-state index contributed by atoms with van der Waals surface area (Å²) >= 11 is 0. The maximum atomic E-state index is 11.9. The lowest BCUT2D eigenvalue weighted by Crippen LogP contribution is -2.53. The van der Waals surface area contributed by atoms with Crippen LogP contribution in [0.4, 0.5) is 0 Å².